The second-order valence-electron chi connectivity index (χ2n) is 5.12. The first-order valence-electron chi connectivity index (χ1n) is 7.09. The lowest BCUT2D eigenvalue weighted by atomic mass is 10.2. The maximum absolute atomic E-state index is 13.0. The first kappa shape index (κ1) is 18.4. The van der Waals surface area contributed by atoms with Gasteiger partial charge in [0.1, 0.15) is 6.54 Å². The maximum atomic E-state index is 13.0. The van der Waals surface area contributed by atoms with Crippen LogP contribution in [0.3, 0.4) is 0 Å². The summed E-state index contributed by atoms with van der Waals surface area (Å²) < 4.78 is 26.9. The van der Waals surface area contributed by atoms with Crippen LogP contribution in [0.1, 0.15) is 5.56 Å². The van der Waals surface area contributed by atoms with E-state index in [9.17, 15) is 23.3 Å². The van der Waals surface area contributed by atoms with Crippen molar-refractivity contribution < 1.29 is 18.1 Å². The number of sulfonamides is 1. The molecule has 2 rings (SSSR count). The van der Waals surface area contributed by atoms with E-state index < -0.39 is 27.4 Å². The number of nitrogens with two attached hydrogens (primary N) is 1. The Morgan fingerprint density at radius 2 is 1.92 bits per heavy atom. The molecule has 0 aliphatic carbocycles. The summed E-state index contributed by atoms with van der Waals surface area (Å²) in [5.41, 5.74) is 2.41. The Morgan fingerprint density at radius 1 is 1.24 bits per heavy atom. The number of nitrogens with zero attached hydrogens (tertiary/aromatic N) is 2. The third kappa shape index (κ3) is 3.92. The molecule has 3 N–H and O–H groups in total. The number of hydrogen-bond acceptors (Lipinski definition) is 6. The number of amides is 1. The Morgan fingerprint density at radius 3 is 2.52 bits per heavy atom. The fourth-order valence-corrected chi connectivity index (χ4v) is 3.73. The Kier molecular flexibility index (Phi) is 5.35. The maximum Gasteiger partial charge on any atom is 0.270 e. The first-order valence-corrected chi connectivity index (χ1v) is 8.53. The summed E-state index contributed by atoms with van der Waals surface area (Å²) in [4.78, 5) is 21.6. The van der Waals surface area contributed by atoms with E-state index in [2.05, 4.69) is 0 Å². The van der Waals surface area contributed by atoms with Gasteiger partial charge in [0.05, 0.1) is 15.5 Å². The Labute approximate surface area is 144 Å². The van der Waals surface area contributed by atoms with Crippen molar-refractivity contribution in [1.82, 2.24) is 5.43 Å². The van der Waals surface area contributed by atoms with Crippen molar-refractivity contribution in [3.05, 3.63) is 64.2 Å². The van der Waals surface area contributed by atoms with Crippen LogP contribution in [0, 0.1) is 17.0 Å². The van der Waals surface area contributed by atoms with Gasteiger partial charge in [0.25, 0.3) is 21.6 Å². The van der Waals surface area contributed by atoms with Crippen LogP contribution in [0.5, 0.6) is 0 Å². The smallest absolute Gasteiger partial charge is 0.270 e. The number of nitro groups is 1. The number of aryl methyl sites for hydroxylation is 1. The van der Waals surface area contributed by atoms with Crippen molar-refractivity contribution in [2.45, 2.75) is 11.8 Å². The monoisotopic (exact) mass is 364 g/mol. The molecular formula is C15H16N4O5S. The highest BCUT2D eigenvalue weighted by molar-refractivity contribution is 7.92. The lowest BCUT2D eigenvalue weighted by Crippen LogP contribution is -2.43. The van der Waals surface area contributed by atoms with Crippen LogP contribution in [0.25, 0.3) is 0 Å². The van der Waals surface area contributed by atoms with Gasteiger partial charge in [-0.25, -0.2) is 14.3 Å². The number of rotatable bonds is 6. The summed E-state index contributed by atoms with van der Waals surface area (Å²) in [6.45, 7) is 1.12. The minimum Gasteiger partial charge on any atom is -0.293 e. The number of non-ortho nitro benzene ring substituents is 1. The predicted molar refractivity (Wildman–Crippen MR) is 91.1 cm³/mol. The molecule has 0 aromatic heterocycles. The van der Waals surface area contributed by atoms with E-state index in [1.807, 2.05) is 5.43 Å². The van der Waals surface area contributed by atoms with Crippen molar-refractivity contribution >= 4 is 27.3 Å². The second kappa shape index (κ2) is 7.28. The summed E-state index contributed by atoms with van der Waals surface area (Å²) >= 11 is 0. The van der Waals surface area contributed by atoms with Gasteiger partial charge in [-0.3, -0.25) is 24.6 Å². The van der Waals surface area contributed by atoms with Crippen molar-refractivity contribution in [2.75, 3.05) is 10.8 Å². The normalized spacial score (nSPS) is 11.0. The summed E-state index contributed by atoms with van der Waals surface area (Å²) in [7, 11) is -4.23. The number of anilines is 1. The van der Waals surface area contributed by atoms with Crippen molar-refractivity contribution in [3.63, 3.8) is 0 Å². The molecule has 0 atom stereocenters. The molecule has 9 nitrogen and oxygen atoms in total. The molecule has 0 spiro atoms. The van der Waals surface area contributed by atoms with Gasteiger partial charge in [-0.05, 0) is 24.6 Å². The Balaban J connectivity index is 2.59. The minimum absolute atomic E-state index is 0.276. The predicted octanol–water partition coefficient (Wildman–Crippen LogP) is 1.09. The van der Waals surface area contributed by atoms with E-state index >= 15 is 0 Å². The van der Waals surface area contributed by atoms with Gasteiger partial charge in [-0.1, -0.05) is 24.3 Å². The highest BCUT2D eigenvalue weighted by Gasteiger charge is 2.29. The number of carbonyl (C=O) groups is 1. The molecule has 0 aliphatic heterocycles. The average molecular weight is 364 g/mol. The Hall–Kier alpha value is -2.98. The van der Waals surface area contributed by atoms with Crippen LogP contribution in [0.2, 0.25) is 0 Å². The van der Waals surface area contributed by atoms with Crippen LogP contribution < -0.4 is 15.6 Å². The van der Waals surface area contributed by atoms with Crippen LogP contribution in [0.15, 0.2) is 53.4 Å². The molecule has 0 fully saturated rings. The molecule has 132 valence electrons. The molecule has 0 bridgehead atoms. The van der Waals surface area contributed by atoms with Gasteiger partial charge in [-0.2, -0.15) is 0 Å². The van der Waals surface area contributed by atoms with Crippen LogP contribution in [-0.2, 0) is 14.8 Å². The molecule has 0 heterocycles. The van der Waals surface area contributed by atoms with Crippen molar-refractivity contribution in [1.29, 1.82) is 0 Å². The largest absolute Gasteiger partial charge is 0.293 e. The molecule has 2 aromatic rings. The quantitative estimate of drug-likeness (QED) is 0.341. The number of para-hydroxylation sites is 1. The van der Waals surface area contributed by atoms with Crippen molar-refractivity contribution in [2.24, 2.45) is 5.84 Å². The fraction of sp³-hybridized carbons (Fsp3) is 0.133. The highest BCUT2D eigenvalue weighted by atomic mass is 32.2. The molecule has 0 saturated heterocycles. The number of hydrogen-bond donors (Lipinski definition) is 2. The van der Waals surface area contributed by atoms with Gasteiger partial charge in [0.15, 0.2) is 0 Å². The third-order valence-corrected chi connectivity index (χ3v) is 5.20. The van der Waals surface area contributed by atoms with E-state index in [0.29, 0.717) is 5.56 Å². The fourth-order valence-electron chi connectivity index (χ4n) is 2.20. The number of nitrogens with one attached hydrogen (secondary N) is 1. The van der Waals surface area contributed by atoms with E-state index in [4.69, 9.17) is 5.84 Å². The lowest BCUT2D eigenvalue weighted by Gasteiger charge is -2.25. The summed E-state index contributed by atoms with van der Waals surface area (Å²) in [6.07, 6.45) is 0. The lowest BCUT2D eigenvalue weighted by molar-refractivity contribution is -0.385. The topological polar surface area (TPSA) is 136 Å². The summed E-state index contributed by atoms with van der Waals surface area (Å²) in [6, 6.07) is 11.2. The number of carbonyl (C=O) groups excluding carboxylic acids is 1. The second-order valence-corrected chi connectivity index (χ2v) is 6.98. The number of hydrazine groups is 1. The van der Waals surface area contributed by atoms with E-state index in [-0.39, 0.29) is 16.3 Å². The Bertz CT molecular complexity index is 914. The molecule has 0 aliphatic rings. The van der Waals surface area contributed by atoms with Gasteiger partial charge in [-0.15, -0.1) is 0 Å². The SMILES string of the molecule is Cc1ccccc1N(CC(=O)NN)S(=O)(=O)c1cccc([N+](=O)[O-])c1. The van der Waals surface area contributed by atoms with Gasteiger partial charge >= 0.3 is 0 Å². The average Bonchev–Trinajstić information content (AvgIpc) is 2.60. The number of benzene rings is 2. The van der Waals surface area contributed by atoms with E-state index in [1.165, 1.54) is 24.3 Å². The summed E-state index contributed by atoms with van der Waals surface area (Å²) in [5.74, 6) is 4.35. The van der Waals surface area contributed by atoms with Crippen LogP contribution >= 0.6 is 0 Å². The van der Waals surface area contributed by atoms with E-state index in [0.717, 1.165) is 10.4 Å². The minimum atomic E-state index is -4.23. The molecular weight excluding hydrogens is 348 g/mol. The van der Waals surface area contributed by atoms with Gasteiger partial charge in [0, 0.05) is 12.1 Å². The molecule has 10 heteroatoms. The molecule has 25 heavy (non-hydrogen) atoms. The van der Waals surface area contributed by atoms with Crippen LogP contribution in [-0.4, -0.2) is 25.8 Å². The van der Waals surface area contributed by atoms with Crippen LogP contribution in [0.4, 0.5) is 11.4 Å². The molecule has 2 aromatic carbocycles. The zero-order valence-electron chi connectivity index (χ0n) is 13.2. The third-order valence-electron chi connectivity index (χ3n) is 3.45. The zero-order valence-corrected chi connectivity index (χ0v) is 14.1. The van der Waals surface area contributed by atoms with Gasteiger partial charge < -0.3 is 0 Å². The highest BCUT2D eigenvalue weighted by Crippen LogP contribution is 2.28. The summed E-state index contributed by atoms with van der Waals surface area (Å²) in [5, 5.41) is 10.9. The molecule has 1 amide bonds. The van der Waals surface area contributed by atoms with Gasteiger partial charge in [0.2, 0.25) is 0 Å². The van der Waals surface area contributed by atoms with Crippen molar-refractivity contribution in [3.8, 4) is 0 Å². The zero-order chi connectivity index (χ0) is 18.6. The first-order chi connectivity index (χ1) is 11.8. The van der Waals surface area contributed by atoms with E-state index in [1.54, 1.807) is 25.1 Å². The molecule has 0 saturated carbocycles. The molecule has 0 radical (unpaired) electrons. The molecule has 0 unspecified atom stereocenters. The number of nitro benzene ring substituents is 1. The standard InChI is InChI=1S/C15H16N4O5S/c1-11-5-2-3-8-14(11)18(10-15(20)17-16)25(23,24)13-7-4-6-12(9-13)19(21)22/h2-9H,10,16H2,1H3,(H,17,20).